The fraction of sp³-hybridized carbons (Fsp3) is 0.0612. The molecule has 1 aliphatic rings. The SMILES string of the molecule is CC1(C)c2cc(N(c3ccccc3)c3ccccc3-c3cc4ccccc4cc3-c3ccccc3)ccc2-c2c(-c3ccccc3)cccc21. The highest BCUT2D eigenvalue weighted by Gasteiger charge is 2.37. The summed E-state index contributed by atoms with van der Waals surface area (Å²) in [5, 5.41) is 2.47. The fourth-order valence-electron chi connectivity index (χ4n) is 7.99. The normalized spacial score (nSPS) is 12.8. The van der Waals surface area contributed by atoms with Gasteiger partial charge < -0.3 is 4.90 Å². The van der Waals surface area contributed by atoms with Crippen molar-refractivity contribution >= 4 is 27.8 Å². The van der Waals surface area contributed by atoms with Crippen molar-refractivity contribution in [3.05, 3.63) is 199 Å². The minimum absolute atomic E-state index is 0.161. The van der Waals surface area contributed by atoms with Crippen LogP contribution in [0.1, 0.15) is 25.0 Å². The van der Waals surface area contributed by atoms with E-state index in [9.17, 15) is 0 Å². The van der Waals surface area contributed by atoms with E-state index < -0.39 is 0 Å². The van der Waals surface area contributed by atoms with E-state index in [1.54, 1.807) is 0 Å². The van der Waals surface area contributed by atoms with Crippen LogP contribution in [0.3, 0.4) is 0 Å². The fourth-order valence-corrected chi connectivity index (χ4v) is 7.99. The van der Waals surface area contributed by atoms with Crippen molar-refractivity contribution in [3.8, 4) is 44.5 Å². The first kappa shape index (κ1) is 29.9. The molecule has 0 bridgehead atoms. The summed E-state index contributed by atoms with van der Waals surface area (Å²) in [5.41, 5.74) is 16.0. The van der Waals surface area contributed by atoms with Crippen molar-refractivity contribution in [2.75, 3.05) is 4.90 Å². The van der Waals surface area contributed by atoms with Gasteiger partial charge in [-0.25, -0.2) is 0 Å². The molecule has 0 spiro atoms. The maximum atomic E-state index is 2.44. The molecule has 0 saturated heterocycles. The molecule has 0 radical (unpaired) electrons. The monoisotopic (exact) mass is 639 g/mol. The summed E-state index contributed by atoms with van der Waals surface area (Å²) in [5.74, 6) is 0. The summed E-state index contributed by atoms with van der Waals surface area (Å²) in [6.07, 6.45) is 0. The third-order valence-electron chi connectivity index (χ3n) is 10.4. The van der Waals surface area contributed by atoms with Crippen LogP contribution in [0.4, 0.5) is 17.1 Å². The minimum Gasteiger partial charge on any atom is -0.310 e. The van der Waals surface area contributed by atoms with Crippen molar-refractivity contribution in [3.63, 3.8) is 0 Å². The van der Waals surface area contributed by atoms with E-state index in [1.807, 2.05) is 0 Å². The summed E-state index contributed by atoms with van der Waals surface area (Å²) in [4.78, 5) is 2.44. The molecule has 0 unspecified atom stereocenters. The van der Waals surface area contributed by atoms with E-state index in [0.29, 0.717) is 0 Å². The molecule has 238 valence electrons. The van der Waals surface area contributed by atoms with Crippen LogP contribution in [-0.4, -0.2) is 0 Å². The Hall–Kier alpha value is -6.18. The second-order valence-corrected chi connectivity index (χ2v) is 13.7. The molecule has 1 nitrogen and oxygen atoms in total. The van der Waals surface area contributed by atoms with Gasteiger partial charge in [-0.1, -0.05) is 159 Å². The molecule has 1 heteroatoms. The van der Waals surface area contributed by atoms with Crippen molar-refractivity contribution < 1.29 is 0 Å². The zero-order valence-electron chi connectivity index (χ0n) is 28.3. The molecular weight excluding hydrogens is 603 g/mol. The molecule has 50 heavy (non-hydrogen) atoms. The van der Waals surface area contributed by atoms with Crippen LogP contribution >= 0.6 is 0 Å². The zero-order valence-corrected chi connectivity index (χ0v) is 28.3. The maximum Gasteiger partial charge on any atom is 0.0540 e. The van der Waals surface area contributed by atoms with Crippen molar-refractivity contribution in [2.24, 2.45) is 0 Å². The van der Waals surface area contributed by atoms with Gasteiger partial charge in [0.25, 0.3) is 0 Å². The third kappa shape index (κ3) is 4.94. The van der Waals surface area contributed by atoms with Crippen LogP contribution in [0.5, 0.6) is 0 Å². The summed E-state index contributed by atoms with van der Waals surface area (Å²) in [7, 11) is 0. The number of hydrogen-bond acceptors (Lipinski definition) is 1. The molecule has 1 aliphatic carbocycles. The van der Waals surface area contributed by atoms with Gasteiger partial charge in [-0.05, 0) is 103 Å². The Morgan fingerprint density at radius 3 is 1.62 bits per heavy atom. The first-order chi connectivity index (χ1) is 24.6. The van der Waals surface area contributed by atoms with Gasteiger partial charge in [0.15, 0.2) is 0 Å². The van der Waals surface area contributed by atoms with Crippen LogP contribution in [0, 0.1) is 0 Å². The number of anilines is 3. The Morgan fingerprint density at radius 2 is 0.920 bits per heavy atom. The number of fused-ring (bicyclic) bond motifs is 4. The first-order valence-corrected chi connectivity index (χ1v) is 17.4. The van der Waals surface area contributed by atoms with E-state index in [-0.39, 0.29) is 5.41 Å². The maximum absolute atomic E-state index is 2.44. The largest absolute Gasteiger partial charge is 0.310 e. The predicted molar refractivity (Wildman–Crippen MR) is 213 cm³/mol. The predicted octanol–water partition coefficient (Wildman–Crippen LogP) is 13.6. The van der Waals surface area contributed by atoms with E-state index in [0.717, 1.165) is 17.1 Å². The van der Waals surface area contributed by atoms with E-state index in [1.165, 1.54) is 66.4 Å². The number of hydrogen-bond donors (Lipinski definition) is 0. The van der Waals surface area contributed by atoms with E-state index in [4.69, 9.17) is 0 Å². The zero-order chi connectivity index (χ0) is 33.7. The van der Waals surface area contributed by atoms with Gasteiger partial charge in [0.2, 0.25) is 0 Å². The Kier molecular flexibility index (Phi) is 7.21. The highest BCUT2D eigenvalue weighted by Crippen LogP contribution is 2.54. The van der Waals surface area contributed by atoms with Gasteiger partial charge in [-0.2, -0.15) is 0 Å². The average Bonchev–Trinajstić information content (AvgIpc) is 3.41. The summed E-state index contributed by atoms with van der Waals surface area (Å²) in [6, 6.07) is 68.6. The first-order valence-electron chi connectivity index (χ1n) is 17.4. The Labute approximate surface area is 294 Å². The Bertz CT molecular complexity index is 2490. The number of nitrogens with zero attached hydrogens (tertiary/aromatic N) is 1. The van der Waals surface area contributed by atoms with Gasteiger partial charge in [0.1, 0.15) is 0 Å². The molecule has 8 aromatic rings. The smallest absolute Gasteiger partial charge is 0.0540 e. The number of para-hydroxylation sites is 2. The molecule has 0 fully saturated rings. The molecule has 0 aromatic heterocycles. The standard InChI is InChI=1S/C49H37N/c1-49(2)45-27-16-26-40(34-17-6-3-7-18-34)48(45)42-30-29-39(33-46(42)49)50(38-23-10-5-11-24-38)47-28-15-14-25-41(47)44-32-37-22-13-12-21-36(37)31-43(44)35-19-8-4-9-20-35/h3-33H,1-2H3. The molecule has 8 aromatic carbocycles. The number of rotatable bonds is 6. The van der Waals surface area contributed by atoms with Crippen molar-refractivity contribution in [2.45, 2.75) is 19.3 Å². The van der Waals surface area contributed by atoms with Gasteiger partial charge in [-0.3, -0.25) is 0 Å². The molecule has 9 rings (SSSR count). The van der Waals surface area contributed by atoms with Crippen LogP contribution < -0.4 is 4.90 Å². The third-order valence-corrected chi connectivity index (χ3v) is 10.4. The van der Waals surface area contributed by atoms with Crippen LogP contribution in [-0.2, 0) is 5.41 Å². The molecule has 0 atom stereocenters. The molecule has 0 N–H and O–H groups in total. The summed E-state index contributed by atoms with van der Waals surface area (Å²) < 4.78 is 0. The quantitative estimate of drug-likeness (QED) is 0.175. The molecule has 0 aliphatic heterocycles. The molecular formula is C49H37N. The van der Waals surface area contributed by atoms with Crippen LogP contribution in [0.15, 0.2) is 188 Å². The molecule has 0 amide bonds. The lowest BCUT2D eigenvalue weighted by molar-refractivity contribution is 0.660. The second-order valence-electron chi connectivity index (χ2n) is 13.7. The lowest BCUT2D eigenvalue weighted by Gasteiger charge is -2.30. The minimum atomic E-state index is -0.161. The highest BCUT2D eigenvalue weighted by molar-refractivity contribution is 6.01. The molecule has 0 saturated carbocycles. The Morgan fingerprint density at radius 1 is 0.360 bits per heavy atom. The van der Waals surface area contributed by atoms with Crippen LogP contribution in [0.2, 0.25) is 0 Å². The number of benzene rings is 8. The average molecular weight is 640 g/mol. The summed E-state index contributed by atoms with van der Waals surface area (Å²) >= 11 is 0. The van der Waals surface area contributed by atoms with Gasteiger partial charge in [-0.15, -0.1) is 0 Å². The van der Waals surface area contributed by atoms with E-state index >= 15 is 0 Å². The molecule has 0 heterocycles. The van der Waals surface area contributed by atoms with E-state index in [2.05, 4.69) is 207 Å². The Balaban J connectivity index is 1.26. The van der Waals surface area contributed by atoms with Crippen molar-refractivity contribution in [1.29, 1.82) is 0 Å². The topological polar surface area (TPSA) is 3.24 Å². The van der Waals surface area contributed by atoms with Gasteiger partial charge in [0, 0.05) is 22.4 Å². The van der Waals surface area contributed by atoms with Gasteiger partial charge in [0.05, 0.1) is 5.69 Å². The second kappa shape index (κ2) is 12.1. The van der Waals surface area contributed by atoms with Crippen LogP contribution in [0.25, 0.3) is 55.3 Å². The lowest BCUT2D eigenvalue weighted by Crippen LogP contribution is -2.17. The highest BCUT2D eigenvalue weighted by atomic mass is 15.1. The lowest BCUT2D eigenvalue weighted by atomic mass is 9.81. The van der Waals surface area contributed by atoms with Crippen molar-refractivity contribution in [1.82, 2.24) is 0 Å². The summed E-state index contributed by atoms with van der Waals surface area (Å²) in [6.45, 7) is 4.75. The van der Waals surface area contributed by atoms with Gasteiger partial charge >= 0.3 is 0 Å².